The fourth-order valence-corrected chi connectivity index (χ4v) is 2.23. The van der Waals surface area contributed by atoms with E-state index in [2.05, 4.69) is 17.6 Å². The predicted molar refractivity (Wildman–Crippen MR) is 64.3 cm³/mol. The lowest BCUT2D eigenvalue weighted by molar-refractivity contribution is -0.128. The van der Waals surface area contributed by atoms with Gasteiger partial charge in [-0.25, -0.2) is 0 Å². The number of nitrogens with one attached hydrogen (secondary N) is 2. The van der Waals surface area contributed by atoms with Crippen LogP contribution in [0.1, 0.15) is 33.6 Å². The van der Waals surface area contributed by atoms with Crippen molar-refractivity contribution in [3.63, 3.8) is 0 Å². The summed E-state index contributed by atoms with van der Waals surface area (Å²) >= 11 is 0. The van der Waals surface area contributed by atoms with Crippen molar-refractivity contribution in [1.29, 1.82) is 0 Å². The molecule has 1 fully saturated rings. The number of hydrogen-bond acceptors (Lipinski definition) is 3. The Morgan fingerprint density at radius 1 is 1.56 bits per heavy atom. The summed E-state index contributed by atoms with van der Waals surface area (Å²) < 4.78 is 5.09. The standard InChI is InChI=1S/C12H24N2O2/c1-9-10(6-5-7-13-9)11(15)14-12(2,3)8-16-4/h9-10,13H,5-8H2,1-4H3,(H,14,15). The van der Waals surface area contributed by atoms with Crippen LogP contribution < -0.4 is 10.6 Å². The van der Waals surface area contributed by atoms with Gasteiger partial charge in [-0.1, -0.05) is 0 Å². The number of carbonyl (C=O) groups is 1. The van der Waals surface area contributed by atoms with Gasteiger partial charge in [0, 0.05) is 13.2 Å². The first-order chi connectivity index (χ1) is 7.46. The number of ether oxygens (including phenoxy) is 1. The minimum Gasteiger partial charge on any atom is -0.382 e. The molecule has 1 rings (SSSR count). The quantitative estimate of drug-likeness (QED) is 0.752. The average Bonchev–Trinajstić information content (AvgIpc) is 2.17. The summed E-state index contributed by atoms with van der Waals surface area (Å²) in [5, 5.41) is 6.39. The van der Waals surface area contributed by atoms with Crippen LogP contribution in [0.4, 0.5) is 0 Å². The zero-order valence-electron chi connectivity index (χ0n) is 10.8. The molecule has 2 N–H and O–H groups in total. The van der Waals surface area contributed by atoms with E-state index in [1.165, 1.54) is 0 Å². The van der Waals surface area contributed by atoms with Gasteiger partial charge in [-0.2, -0.15) is 0 Å². The molecule has 0 bridgehead atoms. The second kappa shape index (κ2) is 5.64. The highest BCUT2D eigenvalue weighted by molar-refractivity contribution is 5.80. The summed E-state index contributed by atoms with van der Waals surface area (Å²) in [7, 11) is 1.65. The Morgan fingerprint density at radius 2 is 2.25 bits per heavy atom. The molecule has 0 aromatic heterocycles. The third-order valence-electron chi connectivity index (χ3n) is 3.07. The van der Waals surface area contributed by atoms with Gasteiger partial charge >= 0.3 is 0 Å². The van der Waals surface area contributed by atoms with Crippen molar-refractivity contribution in [3.05, 3.63) is 0 Å². The van der Waals surface area contributed by atoms with Gasteiger partial charge in [0.25, 0.3) is 0 Å². The van der Waals surface area contributed by atoms with Gasteiger partial charge in [-0.05, 0) is 40.2 Å². The first-order valence-corrected chi connectivity index (χ1v) is 6.00. The van der Waals surface area contributed by atoms with Gasteiger partial charge in [-0.15, -0.1) is 0 Å². The molecule has 0 radical (unpaired) electrons. The van der Waals surface area contributed by atoms with Gasteiger partial charge in [0.15, 0.2) is 0 Å². The molecule has 1 saturated heterocycles. The second-order valence-corrected chi connectivity index (χ2v) is 5.30. The largest absolute Gasteiger partial charge is 0.382 e. The molecule has 1 aliphatic rings. The molecular weight excluding hydrogens is 204 g/mol. The number of methoxy groups -OCH3 is 1. The molecule has 0 aromatic rings. The summed E-state index contributed by atoms with van der Waals surface area (Å²) in [6.45, 7) is 7.59. The van der Waals surface area contributed by atoms with Crippen LogP contribution in [0.15, 0.2) is 0 Å². The minimum atomic E-state index is -0.289. The van der Waals surface area contributed by atoms with Crippen LogP contribution >= 0.6 is 0 Å². The lowest BCUT2D eigenvalue weighted by Crippen LogP contribution is -2.53. The molecule has 0 aromatic carbocycles. The van der Waals surface area contributed by atoms with Gasteiger partial charge in [0.2, 0.25) is 5.91 Å². The van der Waals surface area contributed by atoms with Crippen molar-refractivity contribution >= 4 is 5.91 Å². The minimum absolute atomic E-state index is 0.0879. The Labute approximate surface area is 98.1 Å². The van der Waals surface area contributed by atoms with Crippen molar-refractivity contribution in [2.24, 2.45) is 5.92 Å². The smallest absolute Gasteiger partial charge is 0.225 e. The summed E-state index contributed by atoms with van der Waals surface area (Å²) in [5.41, 5.74) is -0.289. The van der Waals surface area contributed by atoms with Gasteiger partial charge in [0.05, 0.1) is 18.1 Å². The predicted octanol–water partition coefficient (Wildman–Crippen LogP) is 0.916. The molecule has 2 unspecified atom stereocenters. The Balaban J connectivity index is 2.50. The Kier molecular flexibility index (Phi) is 4.74. The normalized spacial score (nSPS) is 26.5. The molecule has 0 saturated carbocycles. The number of hydrogen-bond donors (Lipinski definition) is 2. The van der Waals surface area contributed by atoms with E-state index in [1.807, 2.05) is 13.8 Å². The zero-order chi connectivity index (χ0) is 12.2. The van der Waals surface area contributed by atoms with E-state index in [0.29, 0.717) is 6.61 Å². The topological polar surface area (TPSA) is 50.4 Å². The Morgan fingerprint density at radius 3 is 2.81 bits per heavy atom. The van der Waals surface area contributed by atoms with Gasteiger partial charge < -0.3 is 15.4 Å². The third kappa shape index (κ3) is 3.76. The van der Waals surface area contributed by atoms with E-state index < -0.39 is 0 Å². The van der Waals surface area contributed by atoms with Crippen LogP contribution in [0.3, 0.4) is 0 Å². The Hall–Kier alpha value is -0.610. The summed E-state index contributed by atoms with van der Waals surface area (Å²) in [5.74, 6) is 0.228. The first kappa shape index (κ1) is 13.5. The fraction of sp³-hybridized carbons (Fsp3) is 0.917. The van der Waals surface area contributed by atoms with E-state index in [4.69, 9.17) is 4.74 Å². The van der Waals surface area contributed by atoms with E-state index in [1.54, 1.807) is 7.11 Å². The first-order valence-electron chi connectivity index (χ1n) is 6.00. The molecule has 4 heteroatoms. The number of rotatable bonds is 4. The molecule has 1 aliphatic heterocycles. The molecule has 4 nitrogen and oxygen atoms in total. The zero-order valence-corrected chi connectivity index (χ0v) is 10.8. The van der Waals surface area contributed by atoms with Gasteiger partial charge in [-0.3, -0.25) is 4.79 Å². The maximum absolute atomic E-state index is 12.1. The second-order valence-electron chi connectivity index (χ2n) is 5.30. The van der Waals surface area contributed by atoms with Gasteiger partial charge in [0.1, 0.15) is 0 Å². The fourth-order valence-electron chi connectivity index (χ4n) is 2.23. The maximum Gasteiger partial charge on any atom is 0.225 e. The summed E-state index contributed by atoms with van der Waals surface area (Å²) in [6.07, 6.45) is 2.05. The highest BCUT2D eigenvalue weighted by Gasteiger charge is 2.30. The van der Waals surface area contributed by atoms with Crippen molar-refractivity contribution < 1.29 is 9.53 Å². The number of amides is 1. The third-order valence-corrected chi connectivity index (χ3v) is 3.07. The summed E-state index contributed by atoms with van der Waals surface area (Å²) in [4.78, 5) is 12.1. The summed E-state index contributed by atoms with van der Waals surface area (Å²) in [6, 6.07) is 0.270. The lowest BCUT2D eigenvalue weighted by Gasteiger charge is -2.33. The average molecular weight is 228 g/mol. The van der Waals surface area contributed by atoms with Crippen LogP contribution in [0.25, 0.3) is 0 Å². The van der Waals surface area contributed by atoms with Crippen LogP contribution in [0.2, 0.25) is 0 Å². The molecule has 0 aliphatic carbocycles. The molecule has 2 atom stereocenters. The molecule has 0 spiro atoms. The molecule has 94 valence electrons. The SMILES string of the molecule is COCC(C)(C)NC(=O)C1CCCNC1C. The molecular formula is C12H24N2O2. The van der Waals surface area contributed by atoms with Crippen molar-refractivity contribution in [2.45, 2.75) is 45.2 Å². The van der Waals surface area contributed by atoms with Crippen molar-refractivity contribution in [3.8, 4) is 0 Å². The number of carbonyl (C=O) groups excluding carboxylic acids is 1. The molecule has 1 heterocycles. The van der Waals surface area contributed by atoms with E-state index in [-0.39, 0.29) is 23.4 Å². The van der Waals surface area contributed by atoms with Crippen molar-refractivity contribution in [2.75, 3.05) is 20.3 Å². The maximum atomic E-state index is 12.1. The van der Waals surface area contributed by atoms with Crippen LogP contribution in [-0.4, -0.2) is 37.7 Å². The van der Waals surface area contributed by atoms with Crippen LogP contribution in [0.5, 0.6) is 0 Å². The Bertz CT molecular complexity index is 241. The van der Waals surface area contributed by atoms with E-state index in [0.717, 1.165) is 19.4 Å². The highest BCUT2D eigenvalue weighted by atomic mass is 16.5. The number of piperidine rings is 1. The lowest BCUT2D eigenvalue weighted by atomic mass is 9.90. The van der Waals surface area contributed by atoms with Crippen LogP contribution in [-0.2, 0) is 9.53 Å². The van der Waals surface area contributed by atoms with Crippen LogP contribution in [0, 0.1) is 5.92 Å². The van der Waals surface area contributed by atoms with Crippen molar-refractivity contribution in [1.82, 2.24) is 10.6 Å². The molecule has 16 heavy (non-hydrogen) atoms. The highest BCUT2D eigenvalue weighted by Crippen LogP contribution is 2.17. The van der Waals surface area contributed by atoms with E-state index >= 15 is 0 Å². The monoisotopic (exact) mass is 228 g/mol. The van der Waals surface area contributed by atoms with E-state index in [9.17, 15) is 4.79 Å². The molecule has 1 amide bonds.